The van der Waals surface area contributed by atoms with Crippen LogP contribution < -0.4 is 5.32 Å². The number of fused-ring (bicyclic) bond motifs is 1. The fourth-order valence-electron chi connectivity index (χ4n) is 1.80. The molecule has 0 spiro atoms. The second kappa shape index (κ2) is 3.78. The zero-order chi connectivity index (χ0) is 11.8. The van der Waals surface area contributed by atoms with Crippen LogP contribution in [0.4, 0.5) is 4.79 Å². The number of aromatic nitrogens is 1. The summed E-state index contributed by atoms with van der Waals surface area (Å²) in [6.45, 7) is 0. The molecule has 0 atom stereocenters. The van der Waals surface area contributed by atoms with E-state index >= 15 is 0 Å². The molecule has 1 fully saturated rings. The summed E-state index contributed by atoms with van der Waals surface area (Å²) in [5.41, 5.74) is 2.04. The average Bonchev–Trinajstić information content (AvgIpc) is 2.85. The Balaban J connectivity index is 2.08. The lowest BCUT2D eigenvalue weighted by Crippen LogP contribution is -2.17. The molecule has 5 heteroatoms. The van der Waals surface area contributed by atoms with E-state index in [1.807, 2.05) is 36.5 Å². The third-order valence-electron chi connectivity index (χ3n) is 2.58. The summed E-state index contributed by atoms with van der Waals surface area (Å²) in [5.74, 6) is 0.172. The minimum absolute atomic E-state index is 0.172. The van der Waals surface area contributed by atoms with Crippen molar-refractivity contribution in [2.75, 3.05) is 0 Å². The van der Waals surface area contributed by atoms with Crippen molar-refractivity contribution >= 4 is 39.8 Å². The quantitative estimate of drug-likeness (QED) is 0.720. The van der Waals surface area contributed by atoms with E-state index in [4.69, 9.17) is 5.41 Å². The van der Waals surface area contributed by atoms with E-state index in [0.29, 0.717) is 4.91 Å². The van der Waals surface area contributed by atoms with Gasteiger partial charge in [-0.3, -0.25) is 10.2 Å². The number of amidine groups is 1. The van der Waals surface area contributed by atoms with E-state index in [1.54, 1.807) is 0 Å². The van der Waals surface area contributed by atoms with Crippen molar-refractivity contribution in [3.63, 3.8) is 0 Å². The molecule has 4 nitrogen and oxygen atoms in total. The van der Waals surface area contributed by atoms with Crippen LogP contribution in [0.5, 0.6) is 0 Å². The molecule has 3 rings (SSSR count). The molecule has 1 aromatic heterocycles. The Kier molecular flexibility index (Phi) is 2.26. The number of amides is 1. The highest BCUT2D eigenvalue weighted by Gasteiger charge is 2.21. The largest absolute Gasteiger partial charge is 0.361 e. The molecule has 2 heterocycles. The third-order valence-corrected chi connectivity index (χ3v) is 3.41. The summed E-state index contributed by atoms with van der Waals surface area (Å²) in [6, 6.07) is 7.94. The maximum atomic E-state index is 11.1. The Labute approximate surface area is 102 Å². The Bertz CT molecular complexity index is 657. The Morgan fingerprint density at radius 3 is 2.88 bits per heavy atom. The summed E-state index contributed by atoms with van der Waals surface area (Å²) >= 11 is 1.05. The highest BCUT2D eigenvalue weighted by molar-refractivity contribution is 8.18. The summed E-state index contributed by atoms with van der Waals surface area (Å²) in [4.78, 5) is 14.9. The van der Waals surface area contributed by atoms with Gasteiger partial charge in [0, 0.05) is 22.7 Å². The molecule has 17 heavy (non-hydrogen) atoms. The second-order valence-electron chi connectivity index (χ2n) is 3.69. The fraction of sp³-hybridized carbons (Fsp3) is 0. The van der Waals surface area contributed by atoms with E-state index in [2.05, 4.69) is 10.3 Å². The molecule has 1 aliphatic heterocycles. The van der Waals surface area contributed by atoms with Crippen molar-refractivity contribution in [1.82, 2.24) is 10.3 Å². The van der Waals surface area contributed by atoms with E-state index < -0.39 is 0 Å². The summed E-state index contributed by atoms with van der Waals surface area (Å²) < 4.78 is 0. The minimum atomic E-state index is -0.193. The van der Waals surface area contributed by atoms with Crippen molar-refractivity contribution in [3.8, 4) is 0 Å². The number of hydrogen-bond acceptors (Lipinski definition) is 3. The first-order valence-electron chi connectivity index (χ1n) is 5.09. The number of hydrogen-bond donors (Lipinski definition) is 3. The van der Waals surface area contributed by atoms with Crippen molar-refractivity contribution < 1.29 is 4.79 Å². The SMILES string of the molecule is N=C1NC(=O)S/C1=C/c1c[nH]c2ccccc12. The number of carbonyl (C=O) groups is 1. The van der Waals surface area contributed by atoms with Crippen molar-refractivity contribution in [1.29, 1.82) is 5.41 Å². The monoisotopic (exact) mass is 243 g/mol. The van der Waals surface area contributed by atoms with Crippen LogP contribution in [0.1, 0.15) is 5.56 Å². The normalized spacial score (nSPS) is 18.0. The number of carbonyl (C=O) groups excluding carboxylic acids is 1. The molecule has 1 amide bonds. The molecule has 84 valence electrons. The Morgan fingerprint density at radius 2 is 2.12 bits per heavy atom. The predicted molar refractivity (Wildman–Crippen MR) is 70.1 cm³/mol. The van der Waals surface area contributed by atoms with Crippen LogP contribution >= 0.6 is 11.8 Å². The van der Waals surface area contributed by atoms with Crippen LogP contribution in [0.3, 0.4) is 0 Å². The smallest absolute Gasteiger partial charge is 0.289 e. The predicted octanol–water partition coefficient (Wildman–Crippen LogP) is 2.94. The van der Waals surface area contributed by atoms with Gasteiger partial charge in [0.25, 0.3) is 5.24 Å². The van der Waals surface area contributed by atoms with E-state index in [1.165, 1.54) is 0 Å². The summed E-state index contributed by atoms with van der Waals surface area (Å²) in [6.07, 6.45) is 3.73. The van der Waals surface area contributed by atoms with Gasteiger partial charge < -0.3 is 10.3 Å². The van der Waals surface area contributed by atoms with Gasteiger partial charge in [0.15, 0.2) is 0 Å². The molecule has 0 unspecified atom stereocenters. The molecule has 1 aliphatic rings. The molecule has 3 N–H and O–H groups in total. The van der Waals surface area contributed by atoms with Crippen molar-refractivity contribution in [3.05, 3.63) is 40.9 Å². The van der Waals surface area contributed by atoms with Crippen molar-refractivity contribution in [2.45, 2.75) is 0 Å². The highest BCUT2D eigenvalue weighted by atomic mass is 32.2. The number of nitrogens with one attached hydrogen (secondary N) is 3. The molecule has 0 aliphatic carbocycles. The maximum Gasteiger partial charge on any atom is 0.289 e. The van der Waals surface area contributed by atoms with Gasteiger partial charge in [-0.2, -0.15) is 0 Å². The Morgan fingerprint density at radius 1 is 1.29 bits per heavy atom. The van der Waals surface area contributed by atoms with Crippen LogP contribution in [0.15, 0.2) is 35.4 Å². The first-order valence-corrected chi connectivity index (χ1v) is 5.91. The van der Waals surface area contributed by atoms with Crippen LogP contribution in [-0.2, 0) is 0 Å². The lowest BCUT2D eigenvalue weighted by atomic mass is 10.1. The third kappa shape index (κ3) is 1.74. The van der Waals surface area contributed by atoms with Gasteiger partial charge in [-0.05, 0) is 23.9 Å². The van der Waals surface area contributed by atoms with Crippen molar-refractivity contribution in [2.24, 2.45) is 0 Å². The molecule has 1 saturated heterocycles. The van der Waals surface area contributed by atoms with E-state index in [-0.39, 0.29) is 11.1 Å². The van der Waals surface area contributed by atoms with E-state index in [9.17, 15) is 4.79 Å². The maximum absolute atomic E-state index is 11.1. The van der Waals surface area contributed by atoms with Crippen LogP contribution in [0.25, 0.3) is 17.0 Å². The molecule has 1 aromatic carbocycles. The zero-order valence-corrected chi connectivity index (χ0v) is 9.60. The molecule has 0 bridgehead atoms. The lowest BCUT2D eigenvalue weighted by molar-refractivity contribution is 0.265. The topological polar surface area (TPSA) is 68.7 Å². The fourth-order valence-corrected chi connectivity index (χ4v) is 2.49. The number of para-hydroxylation sites is 1. The lowest BCUT2D eigenvalue weighted by Gasteiger charge is -1.94. The second-order valence-corrected chi connectivity index (χ2v) is 4.70. The van der Waals surface area contributed by atoms with Gasteiger partial charge in [0.05, 0.1) is 4.91 Å². The van der Waals surface area contributed by atoms with Gasteiger partial charge in [0.1, 0.15) is 5.84 Å². The summed E-state index contributed by atoms with van der Waals surface area (Å²) in [5, 5.41) is 11.0. The number of rotatable bonds is 1. The number of aromatic amines is 1. The van der Waals surface area contributed by atoms with Crippen LogP contribution in [-0.4, -0.2) is 16.1 Å². The van der Waals surface area contributed by atoms with Crippen LogP contribution in [0, 0.1) is 5.41 Å². The summed E-state index contributed by atoms with van der Waals surface area (Å²) in [7, 11) is 0. The molecular formula is C12H9N3OS. The highest BCUT2D eigenvalue weighted by Crippen LogP contribution is 2.28. The first kappa shape index (κ1) is 10.2. The number of H-pyrrole nitrogens is 1. The van der Waals surface area contributed by atoms with Gasteiger partial charge >= 0.3 is 0 Å². The minimum Gasteiger partial charge on any atom is -0.361 e. The number of benzene rings is 1. The average molecular weight is 243 g/mol. The molecular weight excluding hydrogens is 234 g/mol. The molecule has 2 aromatic rings. The zero-order valence-electron chi connectivity index (χ0n) is 8.78. The number of thioether (sulfide) groups is 1. The van der Waals surface area contributed by atoms with E-state index in [0.717, 1.165) is 28.2 Å². The van der Waals surface area contributed by atoms with Gasteiger partial charge in [0.2, 0.25) is 0 Å². The molecule has 0 radical (unpaired) electrons. The van der Waals surface area contributed by atoms with Gasteiger partial charge in [-0.15, -0.1) is 0 Å². The van der Waals surface area contributed by atoms with Gasteiger partial charge in [-0.25, -0.2) is 0 Å². The standard InChI is InChI=1S/C12H9N3OS/c13-11-10(17-12(16)15-11)5-7-6-14-9-4-2-1-3-8(7)9/h1-6,14H,(H2,13,15,16)/b10-5+. The Hall–Kier alpha value is -2.01. The van der Waals surface area contributed by atoms with Gasteiger partial charge in [-0.1, -0.05) is 18.2 Å². The van der Waals surface area contributed by atoms with Crippen LogP contribution in [0.2, 0.25) is 0 Å². The molecule has 0 saturated carbocycles. The first-order chi connectivity index (χ1) is 8.24.